The standard InChI is InChI=1S/C12H21N3O3S/c1-12(2)9-15(7-6-14(12)3)19(16,17)11-5-4-10(8-13)18-11/h4-5H,6-9,13H2,1-3H3. The molecule has 7 heteroatoms. The van der Waals surface area contributed by atoms with Crippen LogP contribution in [0.4, 0.5) is 0 Å². The predicted molar refractivity (Wildman–Crippen MR) is 72.1 cm³/mol. The molecule has 2 heterocycles. The quantitative estimate of drug-likeness (QED) is 0.873. The minimum Gasteiger partial charge on any atom is -0.447 e. The van der Waals surface area contributed by atoms with Crippen molar-refractivity contribution in [1.82, 2.24) is 9.21 Å². The molecule has 1 aliphatic heterocycles. The number of rotatable bonds is 3. The Balaban J connectivity index is 2.25. The molecule has 0 atom stereocenters. The maximum atomic E-state index is 12.5. The van der Waals surface area contributed by atoms with Gasteiger partial charge in [0.15, 0.2) is 0 Å². The summed E-state index contributed by atoms with van der Waals surface area (Å²) < 4.78 is 31.7. The number of furan rings is 1. The van der Waals surface area contributed by atoms with E-state index in [1.54, 1.807) is 6.07 Å². The van der Waals surface area contributed by atoms with Crippen molar-refractivity contribution in [3.05, 3.63) is 17.9 Å². The van der Waals surface area contributed by atoms with Crippen molar-refractivity contribution in [2.75, 3.05) is 26.7 Å². The first-order valence-corrected chi connectivity index (χ1v) is 7.71. The Morgan fingerprint density at radius 3 is 2.58 bits per heavy atom. The molecule has 0 amide bonds. The molecule has 0 aromatic carbocycles. The van der Waals surface area contributed by atoms with Gasteiger partial charge < -0.3 is 10.2 Å². The van der Waals surface area contributed by atoms with Gasteiger partial charge in [-0.25, -0.2) is 8.42 Å². The summed E-state index contributed by atoms with van der Waals surface area (Å²) in [5.74, 6) is 0.479. The molecule has 0 spiro atoms. The smallest absolute Gasteiger partial charge is 0.276 e. The van der Waals surface area contributed by atoms with Gasteiger partial charge in [0, 0.05) is 25.2 Å². The van der Waals surface area contributed by atoms with Gasteiger partial charge in [-0.05, 0) is 33.0 Å². The summed E-state index contributed by atoms with van der Waals surface area (Å²) in [4.78, 5) is 2.16. The summed E-state index contributed by atoms with van der Waals surface area (Å²) in [5, 5.41) is -0.0201. The Hall–Kier alpha value is -0.890. The minimum atomic E-state index is -3.56. The molecule has 6 nitrogen and oxygen atoms in total. The third kappa shape index (κ3) is 2.69. The number of likely N-dealkylation sites (N-methyl/N-ethyl adjacent to an activating group) is 1. The third-order valence-electron chi connectivity index (χ3n) is 3.71. The van der Waals surface area contributed by atoms with E-state index in [0.717, 1.165) is 0 Å². The summed E-state index contributed by atoms with van der Waals surface area (Å²) in [6.07, 6.45) is 0. The van der Waals surface area contributed by atoms with Gasteiger partial charge in [0.25, 0.3) is 10.0 Å². The fourth-order valence-electron chi connectivity index (χ4n) is 2.13. The van der Waals surface area contributed by atoms with Gasteiger partial charge in [-0.1, -0.05) is 0 Å². The van der Waals surface area contributed by atoms with E-state index in [1.807, 2.05) is 20.9 Å². The molecular weight excluding hydrogens is 266 g/mol. The molecule has 1 aromatic rings. The van der Waals surface area contributed by atoms with E-state index < -0.39 is 10.0 Å². The Bertz CT molecular complexity index is 550. The highest BCUT2D eigenvalue weighted by atomic mass is 32.2. The molecule has 2 N–H and O–H groups in total. The fourth-order valence-corrected chi connectivity index (χ4v) is 3.65. The molecule has 0 saturated carbocycles. The summed E-state index contributed by atoms with van der Waals surface area (Å²) in [7, 11) is -1.56. The number of nitrogens with two attached hydrogens (primary N) is 1. The van der Waals surface area contributed by atoms with Crippen LogP contribution in [0, 0.1) is 0 Å². The lowest BCUT2D eigenvalue weighted by molar-refractivity contribution is 0.0793. The molecule has 1 aliphatic rings. The first kappa shape index (κ1) is 14.5. The van der Waals surface area contributed by atoms with Crippen molar-refractivity contribution in [2.24, 2.45) is 5.73 Å². The van der Waals surface area contributed by atoms with Gasteiger partial charge in [-0.15, -0.1) is 0 Å². The first-order valence-electron chi connectivity index (χ1n) is 6.27. The molecule has 0 bridgehead atoms. The van der Waals surface area contributed by atoms with Crippen LogP contribution in [0.2, 0.25) is 0 Å². The Morgan fingerprint density at radius 1 is 1.37 bits per heavy atom. The van der Waals surface area contributed by atoms with E-state index >= 15 is 0 Å². The van der Waals surface area contributed by atoms with Crippen LogP contribution in [-0.4, -0.2) is 49.8 Å². The normalized spacial score (nSPS) is 21.7. The number of piperazine rings is 1. The van der Waals surface area contributed by atoms with Crippen molar-refractivity contribution in [3.63, 3.8) is 0 Å². The summed E-state index contributed by atoms with van der Waals surface area (Å²) in [6.45, 7) is 5.89. The zero-order valence-corrected chi connectivity index (χ0v) is 12.4. The minimum absolute atomic E-state index is 0.0201. The van der Waals surface area contributed by atoms with E-state index in [9.17, 15) is 8.42 Å². The second-order valence-corrected chi connectivity index (χ2v) is 7.37. The van der Waals surface area contributed by atoms with Crippen molar-refractivity contribution >= 4 is 10.0 Å². The van der Waals surface area contributed by atoms with Crippen molar-refractivity contribution in [1.29, 1.82) is 0 Å². The first-order chi connectivity index (χ1) is 8.77. The Kier molecular flexibility index (Phi) is 3.74. The molecule has 2 rings (SSSR count). The predicted octanol–water partition coefficient (Wildman–Crippen LogP) is 0.453. The van der Waals surface area contributed by atoms with Crippen molar-refractivity contribution in [3.8, 4) is 0 Å². The van der Waals surface area contributed by atoms with E-state index in [4.69, 9.17) is 10.2 Å². The SMILES string of the molecule is CN1CCN(S(=O)(=O)c2ccc(CN)o2)CC1(C)C. The summed E-state index contributed by atoms with van der Waals surface area (Å²) in [6, 6.07) is 3.08. The zero-order chi connectivity index (χ0) is 14.3. The average molecular weight is 287 g/mol. The lowest BCUT2D eigenvalue weighted by atomic mass is 10.0. The highest BCUT2D eigenvalue weighted by molar-refractivity contribution is 7.89. The Morgan fingerprint density at radius 2 is 2.05 bits per heavy atom. The molecule has 19 heavy (non-hydrogen) atoms. The molecule has 1 saturated heterocycles. The van der Waals surface area contributed by atoms with Crippen LogP contribution in [-0.2, 0) is 16.6 Å². The highest BCUT2D eigenvalue weighted by Crippen LogP contribution is 2.25. The number of hydrogen-bond donors (Lipinski definition) is 1. The topological polar surface area (TPSA) is 79.8 Å². The highest BCUT2D eigenvalue weighted by Gasteiger charge is 2.38. The molecule has 1 aromatic heterocycles. The molecule has 108 valence electrons. The third-order valence-corrected chi connectivity index (χ3v) is 5.43. The van der Waals surface area contributed by atoms with Gasteiger partial charge in [0.05, 0.1) is 6.54 Å². The number of hydrogen-bond acceptors (Lipinski definition) is 5. The van der Waals surface area contributed by atoms with Crippen LogP contribution in [0.5, 0.6) is 0 Å². The van der Waals surface area contributed by atoms with Crippen LogP contribution in [0.15, 0.2) is 21.6 Å². The second-order valence-electron chi connectivity index (χ2n) is 5.50. The summed E-state index contributed by atoms with van der Waals surface area (Å²) in [5.41, 5.74) is 5.25. The summed E-state index contributed by atoms with van der Waals surface area (Å²) >= 11 is 0. The number of sulfonamides is 1. The molecule has 0 aliphatic carbocycles. The monoisotopic (exact) mass is 287 g/mol. The fraction of sp³-hybridized carbons (Fsp3) is 0.667. The molecule has 0 radical (unpaired) electrons. The second kappa shape index (κ2) is 4.90. The van der Waals surface area contributed by atoms with Crippen LogP contribution < -0.4 is 5.73 Å². The largest absolute Gasteiger partial charge is 0.447 e. The Labute approximate surface area is 114 Å². The zero-order valence-electron chi connectivity index (χ0n) is 11.6. The average Bonchev–Trinajstić information content (AvgIpc) is 2.81. The van der Waals surface area contributed by atoms with E-state index in [1.165, 1.54) is 10.4 Å². The maximum absolute atomic E-state index is 12.5. The van der Waals surface area contributed by atoms with E-state index in [-0.39, 0.29) is 17.2 Å². The van der Waals surface area contributed by atoms with Gasteiger partial charge in [-0.3, -0.25) is 4.90 Å². The lowest BCUT2D eigenvalue weighted by Gasteiger charge is -2.44. The molecular formula is C12H21N3O3S. The van der Waals surface area contributed by atoms with Crippen molar-refractivity contribution in [2.45, 2.75) is 31.0 Å². The van der Waals surface area contributed by atoms with E-state index in [2.05, 4.69) is 4.90 Å². The molecule has 0 unspecified atom stereocenters. The van der Waals surface area contributed by atoms with Crippen LogP contribution in [0.25, 0.3) is 0 Å². The molecule has 1 fully saturated rings. The van der Waals surface area contributed by atoms with Gasteiger partial charge in [0.2, 0.25) is 5.09 Å². The lowest BCUT2D eigenvalue weighted by Crippen LogP contribution is -2.58. The van der Waals surface area contributed by atoms with Gasteiger partial charge >= 0.3 is 0 Å². The van der Waals surface area contributed by atoms with Crippen LogP contribution in [0.1, 0.15) is 19.6 Å². The van der Waals surface area contributed by atoms with Gasteiger partial charge in [-0.2, -0.15) is 4.31 Å². The van der Waals surface area contributed by atoms with Crippen LogP contribution >= 0.6 is 0 Å². The van der Waals surface area contributed by atoms with Crippen molar-refractivity contribution < 1.29 is 12.8 Å². The van der Waals surface area contributed by atoms with Gasteiger partial charge in [0.1, 0.15) is 5.76 Å². The van der Waals surface area contributed by atoms with Crippen LogP contribution in [0.3, 0.4) is 0 Å². The maximum Gasteiger partial charge on any atom is 0.276 e. The van der Waals surface area contributed by atoms with E-state index in [0.29, 0.717) is 25.4 Å². The number of nitrogens with zero attached hydrogens (tertiary/aromatic N) is 2.